The lowest BCUT2D eigenvalue weighted by Crippen LogP contribution is -2.36. The van der Waals surface area contributed by atoms with Crippen molar-refractivity contribution < 1.29 is 4.79 Å². The van der Waals surface area contributed by atoms with Gasteiger partial charge in [-0.15, -0.1) is 0 Å². The molecule has 0 fully saturated rings. The van der Waals surface area contributed by atoms with Crippen molar-refractivity contribution in [3.8, 4) is 0 Å². The fraction of sp³-hybridized carbons (Fsp3) is 0.455. The molecule has 1 aromatic heterocycles. The number of nitrogens with zero attached hydrogens (tertiary/aromatic N) is 1. The van der Waals surface area contributed by atoms with Crippen LogP contribution in [0.1, 0.15) is 20.3 Å². The Kier molecular flexibility index (Phi) is 5.36. The maximum Gasteiger partial charge on any atom is 0.241 e. The second-order valence-corrected chi connectivity index (χ2v) is 5.43. The molecule has 4 nitrogen and oxygen atoms in total. The molecular weight excluding hydrogens is 305 g/mol. The van der Waals surface area contributed by atoms with Gasteiger partial charge in [0.15, 0.2) is 0 Å². The number of nitrogens with two attached hydrogens (primary N) is 1. The van der Waals surface area contributed by atoms with Crippen molar-refractivity contribution >= 4 is 39.1 Å². The molecular formula is C11H15BrClN3O. The van der Waals surface area contributed by atoms with Crippen LogP contribution in [0.25, 0.3) is 0 Å². The fourth-order valence-corrected chi connectivity index (χ4v) is 1.79. The van der Waals surface area contributed by atoms with Crippen molar-refractivity contribution in [3.63, 3.8) is 0 Å². The van der Waals surface area contributed by atoms with Gasteiger partial charge in [-0.25, -0.2) is 4.98 Å². The summed E-state index contributed by atoms with van der Waals surface area (Å²) in [5.74, 6) is 0.167. The SMILES string of the molecule is CC(C)C[C@H](N)C(=O)Nc1cnc(Cl)c(Br)c1. The predicted octanol–water partition coefficient (Wildman–Crippen LogP) is 2.81. The third-order valence-corrected chi connectivity index (χ3v) is 3.26. The molecule has 0 radical (unpaired) electrons. The highest BCUT2D eigenvalue weighted by Crippen LogP contribution is 2.22. The number of anilines is 1. The van der Waals surface area contributed by atoms with E-state index < -0.39 is 6.04 Å². The lowest BCUT2D eigenvalue weighted by atomic mass is 10.0. The van der Waals surface area contributed by atoms with Gasteiger partial charge in [-0.3, -0.25) is 4.79 Å². The number of aromatic nitrogens is 1. The van der Waals surface area contributed by atoms with Crippen LogP contribution in [0.5, 0.6) is 0 Å². The Labute approximate surface area is 114 Å². The molecule has 0 saturated carbocycles. The average Bonchev–Trinajstić information content (AvgIpc) is 2.22. The topological polar surface area (TPSA) is 68.0 Å². The Hall–Kier alpha value is -0.650. The van der Waals surface area contributed by atoms with Gasteiger partial charge < -0.3 is 11.1 Å². The largest absolute Gasteiger partial charge is 0.323 e. The Morgan fingerprint density at radius 2 is 2.29 bits per heavy atom. The van der Waals surface area contributed by atoms with Crippen LogP contribution in [-0.4, -0.2) is 16.9 Å². The molecule has 1 atom stereocenters. The van der Waals surface area contributed by atoms with Crippen molar-refractivity contribution in [2.45, 2.75) is 26.3 Å². The molecule has 3 N–H and O–H groups in total. The normalized spacial score (nSPS) is 12.6. The Morgan fingerprint density at radius 3 is 2.82 bits per heavy atom. The second-order valence-electron chi connectivity index (χ2n) is 4.22. The zero-order valence-electron chi connectivity index (χ0n) is 9.71. The van der Waals surface area contributed by atoms with Crippen LogP contribution in [0.4, 0.5) is 5.69 Å². The number of amides is 1. The lowest BCUT2D eigenvalue weighted by Gasteiger charge is -2.14. The molecule has 6 heteroatoms. The predicted molar refractivity (Wildman–Crippen MR) is 73.0 cm³/mol. The van der Waals surface area contributed by atoms with Crippen molar-refractivity contribution in [2.24, 2.45) is 11.7 Å². The van der Waals surface area contributed by atoms with Gasteiger partial charge in [-0.05, 0) is 34.3 Å². The van der Waals surface area contributed by atoms with Gasteiger partial charge in [0.1, 0.15) is 5.15 Å². The van der Waals surface area contributed by atoms with Gasteiger partial charge in [-0.1, -0.05) is 25.4 Å². The highest BCUT2D eigenvalue weighted by atomic mass is 79.9. The molecule has 94 valence electrons. The number of rotatable bonds is 4. The summed E-state index contributed by atoms with van der Waals surface area (Å²) in [5, 5.41) is 3.06. The monoisotopic (exact) mass is 319 g/mol. The molecule has 1 aromatic rings. The number of hydrogen-bond acceptors (Lipinski definition) is 3. The van der Waals surface area contributed by atoms with Crippen LogP contribution in [0, 0.1) is 5.92 Å². The van der Waals surface area contributed by atoms with E-state index in [0.29, 0.717) is 27.7 Å². The van der Waals surface area contributed by atoms with Crippen molar-refractivity contribution in [3.05, 3.63) is 21.9 Å². The standard InChI is InChI=1S/C11H15BrClN3O/c1-6(2)3-9(14)11(17)16-7-4-8(12)10(13)15-5-7/h4-6,9H,3,14H2,1-2H3,(H,16,17)/t9-/m0/s1. The summed E-state index contributed by atoms with van der Waals surface area (Å²) in [6.07, 6.45) is 2.14. The van der Waals surface area contributed by atoms with E-state index in [1.54, 1.807) is 6.07 Å². The van der Waals surface area contributed by atoms with Crippen molar-refractivity contribution in [2.75, 3.05) is 5.32 Å². The highest BCUT2D eigenvalue weighted by molar-refractivity contribution is 9.10. The average molecular weight is 321 g/mol. The Morgan fingerprint density at radius 1 is 1.65 bits per heavy atom. The van der Waals surface area contributed by atoms with Gasteiger partial charge in [-0.2, -0.15) is 0 Å². The highest BCUT2D eigenvalue weighted by Gasteiger charge is 2.15. The van der Waals surface area contributed by atoms with Crippen molar-refractivity contribution in [1.82, 2.24) is 4.98 Å². The molecule has 0 aliphatic heterocycles. The van der Waals surface area contributed by atoms with Crippen LogP contribution < -0.4 is 11.1 Å². The minimum atomic E-state index is -0.510. The number of carbonyl (C=O) groups is 1. The smallest absolute Gasteiger partial charge is 0.241 e. The number of halogens is 2. The molecule has 1 rings (SSSR count). The van der Waals surface area contributed by atoms with Crippen LogP contribution in [0.2, 0.25) is 5.15 Å². The Bertz CT molecular complexity index is 412. The summed E-state index contributed by atoms with van der Waals surface area (Å²) < 4.78 is 0.634. The maximum absolute atomic E-state index is 11.7. The second kappa shape index (κ2) is 6.33. The zero-order chi connectivity index (χ0) is 13.0. The first-order valence-electron chi connectivity index (χ1n) is 5.27. The molecule has 17 heavy (non-hydrogen) atoms. The van der Waals surface area contributed by atoms with E-state index in [1.807, 2.05) is 13.8 Å². The number of hydrogen-bond donors (Lipinski definition) is 2. The molecule has 0 aliphatic rings. The van der Waals surface area contributed by atoms with E-state index in [2.05, 4.69) is 26.2 Å². The minimum Gasteiger partial charge on any atom is -0.323 e. The molecule has 1 heterocycles. The van der Waals surface area contributed by atoms with Gasteiger partial charge in [0.05, 0.1) is 22.4 Å². The molecule has 0 bridgehead atoms. The molecule has 0 aromatic carbocycles. The van der Waals surface area contributed by atoms with E-state index in [9.17, 15) is 4.79 Å². The van der Waals surface area contributed by atoms with E-state index in [0.717, 1.165) is 0 Å². The molecule has 0 saturated heterocycles. The summed E-state index contributed by atoms with van der Waals surface area (Å²) in [7, 11) is 0. The first-order chi connectivity index (χ1) is 7.90. The summed E-state index contributed by atoms with van der Waals surface area (Å²) in [6, 6.07) is 1.18. The molecule has 1 amide bonds. The summed E-state index contributed by atoms with van der Waals surface area (Å²) in [5.41, 5.74) is 6.34. The van der Waals surface area contributed by atoms with Crippen LogP contribution >= 0.6 is 27.5 Å². The van der Waals surface area contributed by atoms with Gasteiger partial charge in [0.25, 0.3) is 0 Å². The Balaban J connectivity index is 2.64. The first kappa shape index (κ1) is 14.4. The van der Waals surface area contributed by atoms with Crippen LogP contribution in [0.3, 0.4) is 0 Å². The summed E-state index contributed by atoms with van der Waals surface area (Å²) in [6.45, 7) is 4.04. The van der Waals surface area contributed by atoms with Gasteiger partial charge in [0, 0.05) is 0 Å². The minimum absolute atomic E-state index is 0.213. The van der Waals surface area contributed by atoms with E-state index >= 15 is 0 Å². The van der Waals surface area contributed by atoms with Crippen molar-refractivity contribution in [1.29, 1.82) is 0 Å². The van der Waals surface area contributed by atoms with Gasteiger partial charge in [0.2, 0.25) is 5.91 Å². The van der Waals surface area contributed by atoms with E-state index in [-0.39, 0.29) is 5.91 Å². The first-order valence-corrected chi connectivity index (χ1v) is 6.44. The van der Waals surface area contributed by atoms with E-state index in [1.165, 1.54) is 6.20 Å². The van der Waals surface area contributed by atoms with Crippen LogP contribution in [-0.2, 0) is 4.79 Å². The lowest BCUT2D eigenvalue weighted by molar-refractivity contribution is -0.117. The third-order valence-electron chi connectivity index (χ3n) is 2.13. The number of nitrogens with one attached hydrogen (secondary N) is 1. The molecule has 0 aliphatic carbocycles. The quantitative estimate of drug-likeness (QED) is 0.838. The number of carbonyl (C=O) groups excluding carboxylic acids is 1. The van der Waals surface area contributed by atoms with E-state index in [4.69, 9.17) is 17.3 Å². The summed E-state index contributed by atoms with van der Waals surface area (Å²) in [4.78, 5) is 15.6. The van der Waals surface area contributed by atoms with Crippen LogP contribution in [0.15, 0.2) is 16.7 Å². The maximum atomic E-state index is 11.7. The number of pyridine rings is 1. The molecule has 0 unspecified atom stereocenters. The van der Waals surface area contributed by atoms with Gasteiger partial charge >= 0.3 is 0 Å². The zero-order valence-corrected chi connectivity index (χ0v) is 12.0. The fourth-order valence-electron chi connectivity index (χ4n) is 1.34. The molecule has 0 spiro atoms. The third kappa shape index (κ3) is 4.61. The summed E-state index contributed by atoms with van der Waals surface area (Å²) >= 11 is 8.99.